The molecule has 0 fully saturated rings. The standard InChI is InChI=1S/C20H22N6O4/c1-30-14(27)4-2-3-9-26-19(28)15-18-24(10-11-25(18)20(26)29)17(23-15)13-7-5-12(6-8-13)16(21)22/h5-8H,2-4,9-11H2,1H3,(H3,21,22). The van der Waals surface area contributed by atoms with Crippen molar-refractivity contribution in [1.82, 2.24) is 18.7 Å². The number of hydrogen-bond acceptors (Lipinski definition) is 6. The number of nitrogen functional groups attached to an aromatic ring is 1. The minimum atomic E-state index is -0.424. The summed E-state index contributed by atoms with van der Waals surface area (Å²) >= 11 is 0. The third-order valence-corrected chi connectivity index (χ3v) is 5.35. The normalized spacial score (nSPS) is 12.4. The number of nitrogens with one attached hydrogen (secondary N) is 1. The average Bonchev–Trinajstić information content (AvgIpc) is 3.33. The first kappa shape index (κ1) is 19.6. The van der Waals surface area contributed by atoms with Gasteiger partial charge < -0.3 is 15.0 Å². The third kappa shape index (κ3) is 3.19. The van der Waals surface area contributed by atoms with Crippen molar-refractivity contribution >= 4 is 23.0 Å². The first-order chi connectivity index (χ1) is 14.4. The first-order valence-electron chi connectivity index (χ1n) is 9.68. The van der Waals surface area contributed by atoms with Crippen LogP contribution in [-0.4, -0.2) is 37.6 Å². The fraction of sp³-hybridized carbons (Fsp3) is 0.350. The van der Waals surface area contributed by atoms with Crippen molar-refractivity contribution in [2.24, 2.45) is 5.73 Å². The number of benzene rings is 1. The zero-order valence-corrected chi connectivity index (χ0v) is 16.6. The summed E-state index contributed by atoms with van der Waals surface area (Å²) in [6.07, 6.45) is 1.28. The Bertz CT molecular complexity index is 1270. The molecule has 0 saturated carbocycles. The maximum Gasteiger partial charge on any atom is 0.332 e. The number of imidazole rings is 1. The molecular formula is C20H22N6O4. The molecule has 0 bridgehead atoms. The number of ether oxygens (including phenoxy) is 1. The van der Waals surface area contributed by atoms with E-state index in [9.17, 15) is 14.4 Å². The molecular weight excluding hydrogens is 388 g/mol. The van der Waals surface area contributed by atoms with Gasteiger partial charge in [-0.15, -0.1) is 0 Å². The lowest BCUT2D eigenvalue weighted by atomic mass is 10.1. The van der Waals surface area contributed by atoms with Crippen LogP contribution in [0.1, 0.15) is 24.8 Å². The summed E-state index contributed by atoms with van der Waals surface area (Å²) in [6.45, 7) is 1.23. The minimum absolute atomic E-state index is 0.0247. The van der Waals surface area contributed by atoms with Gasteiger partial charge in [0.25, 0.3) is 5.56 Å². The molecule has 1 aliphatic heterocycles. The van der Waals surface area contributed by atoms with Crippen molar-refractivity contribution in [2.75, 3.05) is 7.11 Å². The molecule has 0 saturated heterocycles. The van der Waals surface area contributed by atoms with Gasteiger partial charge in [0.1, 0.15) is 11.7 Å². The van der Waals surface area contributed by atoms with E-state index in [0.717, 1.165) is 5.56 Å². The lowest BCUT2D eigenvalue weighted by Crippen LogP contribution is -2.39. The second-order valence-electron chi connectivity index (χ2n) is 7.17. The summed E-state index contributed by atoms with van der Waals surface area (Å²) in [6, 6.07) is 7.05. The van der Waals surface area contributed by atoms with Crippen molar-refractivity contribution < 1.29 is 9.53 Å². The molecule has 3 heterocycles. The van der Waals surface area contributed by atoms with Crippen LogP contribution >= 0.6 is 0 Å². The van der Waals surface area contributed by atoms with Crippen LogP contribution in [0.2, 0.25) is 0 Å². The minimum Gasteiger partial charge on any atom is -0.469 e. The molecule has 10 nitrogen and oxygen atoms in total. The van der Waals surface area contributed by atoms with Crippen LogP contribution in [0.4, 0.5) is 0 Å². The van der Waals surface area contributed by atoms with Crippen LogP contribution < -0.4 is 17.0 Å². The molecule has 0 spiro atoms. The molecule has 0 atom stereocenters. The SMILES string of the molecule is COC(=O)CCCCn1c(=O)c2nc(-c3ccc(C(=N)N)cc3)n3c2n(c1=O)CC3. The van der Waals surface area contributed by atoms with Gasteiger partial charge in [-0.1, -0.05) is 24.3 Å². The lowest BCUT2D eigenvalue weighted by Gasteiger charge is -2.07. The third-order valence-electron chi connectivity index (χ3n) is 5.35. The van der Waals surface area contributed by atoms with Gasteiger partial charge in [-0.25, -0.2) is 9.78 Å². The predicted molar refractivity (Wildman–Crippen MR) is 111 cm³/mol. The molecule has 1 aliphatic rings. The summed E-state index contributed by atoms with van der Waals surface area (Å²) in [7, 11) is 1.33. The van der Waals surface area contributed by atoms with E-state index < -0.39 is 5.56 Å². The molecule has 3 aromatic rings. The second-order valence-corrected chi connectivity index (χ2v) is 7.17. The lowest BCUT2D eigenvalue weighted by molar-refractivity contribution is -0.140. The van der Waals surface area contributed by atoms with E-state index in [0.29, 0.717) is 43.0 Å². The Morgan fingerprint density at radius 3 is 2.53 bits per heavy atom. The zero-order chi connectivity index (χ0) is 21.4. The van der Waals surface area contributed by atoms with Gasteiger partial charge in [-0.05, 0) is 12.8 Å². The van der Waals surface area contributed by atoms with E-state index >= 15 is 0 Å². The Hall–Kier alpha value is -3.69. The van der Waals surface area contributed by atoms with Crippen LogP contribution in [-0.2, 0) is 29.2 Å². The Balaban J connectivity index is 1.72. The number of carbonyl (C=O) groups excluding carboxylic acids is 1. The largest absolute Gasteiger partial charge is 0.469 e. The highest BCUT2D eigenvalue weighted by atomic mass is 16.5. The van der Waals surface area contributed by atoms with Crippen molar-refractivity contribution in [3.05, 3.63) is 50.7 Å². The summed E-state index contributed by atoms with van der Waals surface area (Å²) in [4.78, 5) is 41.7. The van der Waals surface area contributed by atoms with Crippen LogP contribution in [0.15, 0.2) is 33.9 Å². The highest BCUT2D eigenvalue weighted by molar-refractivity contribution is 5.95. The van der Waals surface area contributed by atoms with Crippen molar-refractivity contribution in [2.45, 2.75) is 38.9 Å². The summed E-state index contributed by atoms with van der Waals surface area (Å²) in [5.41, 5.74) is 6.89. The molecule has 0 radical (unpaired) electrons. The van der Waals surface area contributed by atoms with Crippen molar-refractivity contribution in [3.8, 4) is 11.4 Å². The molecule has 0 aliphatic carbocycles. The Labute approximate surface area is 171 Å². The maximum absolute atomic E-state index is 13.0. The molecule has 30 heavy (non-hydrogen) atoms. The molecule has 1 aromatic carbocycles. The topological polar surface area (TPSA) is 138 Å². The number of unbranched alkanes of at least 4 members (excludes halogenated alkanes) is 1. The van der Waals surface area contributed by atoms with E-state index in [2.05, 4.69) is 9.72 Å². The highest BCUT2D eigenvalue weighted by Gasteiger charge is 2.26. The van der Waals surface area contributed by atoms with E-state index in [4.69, 9.17) is 11.1 Å². The highest BCUT2D eigenvalue weighted by Crippen LogP contribution is 2.26. The number of rotatable bonds is 7. The monoisotopic (exact) mass is 410 g/mol. The van der Waals surface area contributed by atoms with Gasteiger partial charge in [0, 0.05) is 37.2 Å². The van der Waals surface area contributed by atoms with Gasteiger partial charge in [0.2, 0.25) is 0 Å². The maximum atomic E-state index is 13.0. The quantitative estimate of drug-likeness (QED) is 0.254. The molecule has 10 heteroatoms. The Morgan fingerprint density at radius 1 is 1.17 bits per heavy atom. The summed E-state index contributed by atoms with van der Waals surface area (Å²) in [5, 5.41) is 7.51. The zero-order valence-electron chi connectivity index (χ0n) is 16.6. The van der Waals surface area contributed by atoms with Gasteiger partial charge in [-0.2, -0.15) is 0 Å². The van der Waals surface area contributed by atoms with Crippen molar-refractivity contribution in [1.29, 1.82) is 5.41 Å². The number of amidine groups is 1. The molecule has 0 amide bonds. The van der Waals surface area contributed by atoms with Crippen molar-refractivity contribution in [3.63, 3.8) is 0 Å². The van der Waals surface area contributed by atoms with Gasteiger partial charge in [0.05, 0.1) is 7.11 Å². The Morgan fingerprint density at radius 2 is 1.87 bits per heavy atom. The number of aromatic nitrogens is 4. The molecule has 3 N–H and O–H groups in total. The van der Waals surface area contributed by atoms with Crippen LogP contribution in [0.3, 0.4) is 0 Å². The van der Waals surface area contributed by atoms with E-state index in [-0.39, 0.29) is 36.0 Å². The molecule has 4 rings (SSSR count). The fourth-order valence-electron chi connectivity index (χ4n) is 3.78. The van der Waals surface area contributed by atoms with E-state index in [1.54, 1.807) is 28.8 Å². The van der Waals surface area contributed by atoms with E-state index in [1.807, 2.05) is 4.57 Å². The first-order valence-corrected chi connectivity index (χ1v) is 9.68. The fourth-order valence-corrected chi connectivity index (χ4v) is 3.78. The van der Waals surface area contributed by atoms with Gasteiger partial charge in [0.15, 0.2) is 11.2 Å². The number of nitrogens with zero attached hydrogens (tertiary/aromatic N) is 4. The predicted octanol–water partition coefficient (Wildman–Crippen LogP) is 0.668. The van der Waals surface area contributed by atoms with Gasteiger partial charge in [-0.3, -0.25) is 24.1 Å². The second kappa shape index (κ2) is 7.62. The molecule has 0 unspecified atom stereocenters. The van der Waals surface area contributed by atoms with Crippen LogP contribution in [0.5, 0.6) is 0 Å². The number of methoxy groups -OCH3 is 1. The number of carbonyl (C=O) groups is 1. The average molecular weight is 410 g/mol. The number of aryl methyl sites for hydroxylation is 2. The van der Waals surface area contributed by atoms with E-state index in [1.165, 1.54) is 11.7 Å². The number of esters is 1. The molecule has 2 aromatic heterocycles. The number of hydrogen-bond donors (Lipinski definition) is 2. The molecule has 156 valence electrons. The smallest absolute Gasteiger partial charge is 0.332 e. The summed E-state index contributed by atoms with van der Waals surface area (Å²) in [5.74, 6) is 0.266. The number of nitrogens with two attached hydrogens (primary N) is 1. The Kier molecular flexibility index (Phi) is 4.98. The summed E-state index contributed by atoms with van der Waals surface area (Å²) < 4.78 is 9.27. The van der Waals surface area contributed by atoms with Crippen LogP contribution in [0.25, 0.3) is 22.6 Å². The van der Waals surface area contributed by atoms with Crippen LogP contribution in [0, 0.1) is 5.41 Å². The van der Waals surface area contributed by atoms with Gasteiger partial charge >= 0.3 is 11.7 Å².